The average molecular weight is 341 g/mol. The van der Waals surface area contributed by atoms with E-state index in [4.69, 9.17) is 9.47 Å². The van der Waals surface area contributed by atoms with Crippen molar-refractivity contribution in [3.05, 3.63) is 35.5 Å². The standard InChI is InChI=1S/C20H27N3O2/c1-2-3-7-23-14-17-12-16(13-22-8-10-24-11-9-22)18-5-4-6-21-19(18)20(17)25-15-23/h4-6,12H,2-3,7-11,13-15H2,1H3. The molecule has 0 bridgehead atoms. The number of pyridine rings is 1. The second kappa shape index (κ2) is 7.68. The Hall–Kier alpha value is -1.69. The van der Waals surface area contributed by atoms with Crippen LogP contribution in [0.1, 0.15) is 30.9 Å². The van der Waals surface area contributed by atoms with Crippen LogP contribution in [0, 0.1) is 0 Å². The van der Waals surface area contributed by atoms with Gasteiger partial charge in [0, 0.05) is 49.9 Å². The lowest BCUT2D eigenvalue weighted by molar-refractivity contribution is 0.0343. The molecule has 5 heteroatoms. The Labute approximate surface area is 149 Å². The predicted octanol–water partition coefficient (Wildman–Crippen LogP) is 3.02. The lowest BCUT2D eigenvalue weighted by atomic mass is 10.0. The first kappa shape index (κ1) is 16.8. The Kier molecular flexibility index (Phi) is 5.15. The van der Waals surface area contributed by atoms with E-state index in [1.165, 1.54) is 29.4 Å². The van der Waals surface area contributed by atoms with E-state index >= 15 is 0 Å². The smallest absolute Gasteiger partial charge is 0.152 e. The summed E-state index contributed by atoms with van der Waals surface area (Å²) in [6.07, 6.45) is 4.30. The molecule has 0 N–H and O–H groups in total. The molecule has 1 fully saturated rings. The van der Waals surface area contributed by atoms with Crippen molar-refractivity contribution in [1.82, 2.24) is 14.8 Å². The van der Waals surface area contributed by atoms with E-state index in [-0.39, 0.29) is 0 Å². The van der Waals surface area contributed by atoms with Crippen LogP contribution in [0.3, 0.4) is 0 Å². The molecule has 1 aromatic carbocycles. The fraction of sp³-hybridized carbons (Fsp3) is 0.550. The molecule has 0 atom stereocenters. The average Bonchev–Trinajstić information content (AvgIpc) is 2.67. The van der Waals surface area contributed by atoms with Gasteiger partial charge in [-0.1, -0.05) is 19.4 Å². The van der Waals surface area contributed by atoms with Gasteiger partial charge in [0.15, 0.2) is 5.75 Å². The molecule has 2 aliphatic heterocycles. The van der Waals surface area contributed by atoms with Crippen molar-refractivity contribution in [3.8, 4) is 5.75 Å². The summed E-state index contributed by atoms with van der Waals surface area (Å²) < 4.78 is 11.6. The van der Waals surface area contributed by atoms with Crippen LogP contribution in [0.2, 0.25) is 0 Å². The zero-order valence-electron chi connectivity index (χ0n) is 15.0. The number of hydrogen-bond donors (Lipinski definition) is 0. The topological polar surface area (TPSA) is 37.8 Å². The van der Waals surface area contributed by atoms with Crippen LogP contribution in [0.15, 0.2) is 24.4 Å². The van der Waals surface area contributed by atoms with E-state index in [0.29, 0.717) is 6.73 Å². The van der Waals surface area contributed by atoms with Crippen LogP contribution in [-0.4, -0.2) is 54.4 Å². The molecule has 0 amide bonds. The van der Waals surface area contributed by atoms with Gasteiger partial charge in [-0.2, -0.15) is 0 Å². The number of ether oxygens (including phenoxy) is 2. The maximum atomic E-state index is 6.12. The number of aromatic nitrogens is 1. The monoisotopic (exact) mass is 341 g/mol. The molecular formula is C20H27N3O2. The number of rotatable bonds is 5. The number of nitrogens with zero attached hydrogens (tertiary/aromatic N) is 3. The van der Waals surface area contributed by atoms with Crippen molar-refractivity contribution in [2.45, 2.75) is 32.9 Å². The second-order valence-electron chi connectivity index (χ2n) is 6.99. The van der Waals surface area contributed by atoms with E-state index in [1.54, 1.807) is 0 Å². The molecular weight excluding hydrogens is 314 g/mol. The van der Waals surface area contributed by atoms with Crippen molar-refractivity contribution in [2.24, 2.45) is 0 Å². The van der Waals surface area contributed by atoms with Crippen molar-refractivity contribution in [3.63, 3.8) is 0 Å². The molecule has 2 aliphatic rings. The minimum Gasteiger partial charge on any atom is -0.475 e. The fourth-order valence-electron chi connectivity index (χ4n) is 3.73. The van der Waals surface area contributed by atoms with Crippen LogP contribution in [0.4, 0.5) is 0 Å². The molecule has 3 heterocycles. The van der Waals surface area contributed by atoms with Gasteiger partial charge in [-0.15, -0.1) is 0 Å². The summed E-state index contributed by atoms with van der Waals surface area (Å²) in [6, 6.07) is 6.53. The van der Waals surface area contributed by atoms with Crippen LogP contribution in [0.25, 0.3) is 10.9 Å². The van der Waals surface area contributed by atoms with Crippen LogP contribution < -0.4 is 4.74 Å². The Morgan fingerprint density at radius 3 is 2.92 bits per heavy atom. The number of morpholine rings is 1. The van der Waals surface area contributed by atoms with E-state index in [1.807, 2.05) is 12.3 Å². The summed E-state index contributed by atoms with van der Waals surface area (Å²) >= 11 is 0. The third kappa shape index (κ3) is 3.64. The first-order chi connectivity index (χ1) is 12.3. The molecule has 2 aromatic rings. The zero-order valence-corrected chi connectivity index (χ0v) is 15.0. The van der Waals surface area contributed by atoms with Crippen LogP contribution in [0.5, 0.6) is 5.75 Å². The molecule has 5 nitrogen and oxygen atoms in total. The zero-order chi connectivity index (χ0) is 17.1. The van der Waals surface area contributed by atoms with Gasteiger partial charge >= 0.3 is 0 Å². The maximum Gasteiger partial charge on any atom is 0.152 e. The first-order valence-electron chi connectivity index (χ1n) is 9.40. The molecule has 134 valence electrons. The summed E-state index contributed by atoms with van der Waals surface area (Å²) in [7, 11) is 0. The number of benzene rings is 1. The van der Waals surface area contributed by atoms with Gasteiger partial charge in [0.1, 0.15) is 12.2 Å². The molecule has 0 radical (unpaired) electrons. The highest BCUT2D eigenvalue weighted by atomic mass is 16.5. The largest absolute Gasteiger partial charge is 0.475 e. The summed E-state index contributed by atoms with van der Waals surface area (Å²) in [6.45, 7) is 9.55. The highest BCUT2D eigenvalue weighted by molar-refractivity contribution is 5.89. The molecule has 0 spiro atoms. The molecule has 0 aliphatic carbocycles. The summed E-state index contributed by atoms with van der Waals surface area (Å²) in [4.78, 5) is 9.51. The summed E-state index contributed by atoms with van der Waals surface area (Å²) in [5.41, 5.74) is 3.64. The van der Waals surface area contributed by atoms with Gasteiger partial charge in [0.2, 0.25) is 0 Å². The summed E-state index contributed by atoms with van der Waals surface area (Å²) in [5, 5.41) is 1.22. The number of unbranched alkanes of at least 4 members (excludes halogenated alkanes) is 1. The van der Waals surface area contributed by atoms with E-state index in [9.17, 15) is 0 Å². The minimum atomic E-state index is 0.668. The lowest BCUT2D eigenvalue weighted by Crippen LogP contribution is -2.36. The van der Waals surface area contributed by atoms with Crippen molar-refractivity contribution in [1.29, 1.82) is 0 Å². The van der Waals surface area contributed by atoms with Gasteiger partial charge in [0.05, 0.1) is 13.2 Å². The Balaban J connectivity index is 1.65. The van der Waals surface area contributed by atoms with Crippen molar-refractivity contribution in [2.75, 3.05) is 39.6 Å². The maximum absolute atomic E-state index is 6.12. The molecule has 1 saturated heterocycles. The quantitative estimate of drug-likeness (QED) is 0.836. The van der Waals surface area contributed by atoms with Gasteiger partial charge in [-0.25, -0.2) is 0 Å². The molecule has 0 saturated carbocycles. The Morgan fingerprint density at radius 2 is 2.08 bits per heavy atom. The predicted molar refractivity (Wildman–Crippen MR) is 98.7 cm³/mol. The van der Waals surface area contributed by atoms with Gasteiger partial charge in [-0.05, 0) is 24.1 Å². The van der Waals surface area contributed by atoms with Crippen molar-refractivity contribution < 1.29 is 9.47 Å². The highest BCUT2D eigenvalue weighted by Gasteiger charge is 2.22. The van der Waals surface area contributed by atoms with Gasteiger partial charge in [-0.3, -0.25) is 14.8 Å². The van der Waals surface area contributed by atoms with Gasteiger partial charge in [0.25, 0.3) is 0 Å². The lowest BCUT2D eigenvalue weighted by Gasteiger charge is -2.31. The van der Waals surface area contributed by atoms with E-state index < -0.39 is 0 Å². The van der Waals surface area contributed by atoms with Gasteiger partial charge < -0.3 is 9.47 Å². The van der Waals surface area contributed by atoms with Crippen LogP contribution in [-0.2, 0) is 17.8 Å². The summed E-state index contributed by atoms with van der Waals surface area (Å²) in [5.74, 6) is 0.981. The Morgan fingerprint density at radius 1 is 1.20 bits per heavy atom. The van der Waals surface area contributed by atoms with Crippen LogP contribution >= 0.6 is 0 Å². The molecule has 0 unspecified atom stereocenters. The van der Waals surface area contributed by atoms with E-state index in [0.717, 1.165) is 57.2 Å². The third-order valence-electron chi connectivity index (χ3n) is 5.12. The number of hydrogen-bond acceptors (Lipinski definition) is 5. The third-order valence-corrected chi connectivity index (χ3v) is 5.12. The van der Waals surface area contributed by atoms with Crippen molar-refractivity contribution >= 4 is 10.9 Å². The van der Waals surface area contributed by atoms with E-state index in [2.05, 4.69) is 33.8 Å². The highest BCUT2D eigenvalue weighted by Crippen LogP contribution is 2.35. The normalized spacial score (nSPS) is 18.9. The molecule has 1 aromatic heterocycles. The SMILES string of the molecule is CCCCN1COc2c(cc(CN3CCOCC3)c3cccnc23)C1. The second-order valence-corrected chi connectivity index (χ2v) is 6.99. The fourth-order valence-corrected chi connectivity index (χ4v) is 3.73. The minimum absolute atomic E-state index is 0.668. The molecule has 4 rings (SSSR count). The molecule has 25 heavy (non-hydrogen) atoms. The first-order valence-corrected chi connectivity index (χ1v) is 9.40. The Bertz CT molecular complexity index is 728. The number of fused-ring (bicyclic) bond motifs is 3.